The molecule has 4 aromatic heterocycles. The third kappa shape index (κ3) is 3.75. The van der Waals surface area contributed by atoms with Crippen LogP contribution in [0.4, 0.5) is 0 Å². The van der Waals surface area contributed by atoms with E-state index in [0.29, 0.717) is 5.95 Å². The molecule has 0 saturated carbocycles. The summed E-state index contributed by atoms with van der Waals surface area (Å²) in [7, 11) is 0. The summed E-state index contributed by atoms with van der Waals surface area (Å²) in [4.78, 5) is 11.8. The first-order valence-corrected chi connectivity index (χ1v) is 16.6. The first kappa shape index (κ1) is 25.0. The number of aromatic nitrogens is 3. The van der Waals surface area contributed by atoms with E-state index < -0.39 is 0 Å². The highest BCUT2D eigenvalue weighted by Crippen LogP contribution is 2.43. The Kier molecular flexibility index (Phi) is 5.32. The summed E-state index contributed by atoms with van der Waals surface area (Å²) in [5.41, 5.74) is 6.64. The van der Waals surface area contributed by atoms with Gasteiger partial charge in [-0.3, -0.25) is 4.57 Å². The molecule has 4 heterocycles. The predicted molar refractivity (Wildman–Crippen MR) is 193 cm³/mol. The molecule has 5 heteroatoms. The molecule has 0 amide bonds. The first-order valence-electron chi connectivity index (χ1n) is 15.0. The van der Waals surface area contributed by atoms with Gasteiger partial charge in [0.25, 0.3) is 0 Å². The van der Waals surface area contributed by atoms with Crippen molar-refractivity contribution in [2.24, 2.45) is 0 Å². The highest BCUT2D eigenvalue weighted by Gasteiger charge is 2.21. The average molecular weight is 610 g/mol. The summed E-state index contributed by atoms with van der Waals surface area (Å²) in [5, 5.41) is 7.33. The largest absolute Gasteiger partial charge is 0.278 e. The smallest absolute Gasteiger partial charge is 0.236 e. The lowest BCUT2D eigenvalue weighted by Gasteiger charge is -2.11. The van der Waals surface area contributed by atoms with Gasteiger partial charge in [0.2, 0.25) is 5.95 Å². The van der Waals surface area contributed by atoms with Gasteiger partial charge in [0.15, 0.2) is 0 Å². The molecule has 0 aliphatic heterocycles. The quantitative estimate of drug-likeness (QED) is 0.199. The first-order chi connectivity index (χ1) is 22.3. The van der Waals surface area contributed by atoms with Gasteiger partial charge < -0.3 is 0 Å². The van der Waals surface area contributed by atoms with Crippen LogP contribution in [0, 0.1) is 0 Å². The van der Waals surface area contributed by atoms with Crippen LogP contribution in [0.2, 0.25) is 0 Å². The Bertz CT molecular complexity index is 2770. The maximum absolute atomic E-state index is 5.46. The topological polar surface area (TPSA) is 30.7 Å². The van der Waals surface area contributed by atoms with Crippen LogP contribution in [0.25, 0.3) is 90.6 Å². The molecular weight excluding hydrogens is 587 g/mol. The molecule has 0 atom stereocenters. The molecule has 0 radical (unpaired) electrons. The fourth-order valence-corrected chi connectivity index (χ4v) is 8.99. The molecule has 6 aromatic carbocycles. The number of fused-ring (bicyclic) bond motifs is 9. The van der Waals surface area contributed by atoms with Crippen LogP contribution < -0.4 is 0 Å². The number of rotatable bonds is 3. The molecule has 0 fully saturated rings. The fraction of sp³-hybridized carbons (Fsp3) is 0. The van der Waals surface area contributed by atoms with E-state index >= 15 is 0 Å². The van der Waals surface area contributed by atoms with Crippen molar-refractivity contribution in [3.8, 4) is 28.3 Å². The zero-order valence-electron chi connectivity index (χ0n) is 23.9. The van der Waals surface area contributed by atoms with Crippen molar-refractivity contribution < 1.29 is 0 Å². The van der Waals surface area contributed by atoms with E-state index in [2.05, 4.69) is 144 Å². The molecule has 0 unspecified atom stereocenters. The molecule has 0 spiro atoms. The summed E-state index contributed by atoms with van der Waals surface area (Å²) in [6.45, 7) is 0. The van der Waals surface area contributed by atoms with Crippen LogP contribution in [-0.2, 0) is 0 Å². The van der Waals surface area contributed by atoms with Crippen LogP contribution in [-0.4, -0.2) is 14.5 Å². The lowest BCUT2D eigenvalue weighted by molar-refractivity contribution is 1.02. The van der Waals surface area contributed by atoms with Crippen molar-refractivity contribution in [1.29, 1.82) is 0 Å². The zero-order valence-corrected chi connectivity index (χ0v) is 25.6. The molecular formula is C40H23N3S2. The summed E-state index contributed by atoms with van der Waals surface area (Å²) >= 11 is 3.58. The van der Waals surface area contributed by atoms with Crippen molar-refractivity contribution in [1.82, 2.24) is 14.5 Å². The minimum Gasteiger partial charge on any atom is -0.278 e. The number of thiophene rings is 2. The van der Waals surface area contributed by atoms with E-state index in [1.54, 1.807) is 11.3 Å². The normalized spacial score (nSPS) is 12.0. The molecule has 0 aliphatic carbocycles. The second-order valence-corrected chi connectivity index (χ2v) is 13.5. The highest BCUT2D eigenvalue weighted by molar-refractivity contribution is 7.26. The van der Waals surface area contributed by atoms with Gasteiger partial charge in [-0.2, -0.15) is 0 Å². The van der Waals surface area contributed by atoms with E-state index in [-0.39, 0.29) is 0 Å². The van der Waals surface area contributed by atoms with Gasteiger partial charge in [-0.25, -0.2) is 9.97 Å². The Morgan fingerprint density at radius 2 is 1.11 bits per heavy atom. The van der Waals surface area contributed by atoms with Gasteiger partial charge in [-0.1, -0.05) is 103 Å². The Hall–Kier alpha value is -5.36. The fourth-order valence-electron chi connectivity index (χ4n) is 6.80. The lowest BCUT2D eigenvalue weighted by atomic mass is 10.00. The summed E-state index contributed by atoms with van der Waals surface area (Å²) in [5.74, 6) is 0.695. The van der Waals surface area contributed by atoms with E-state index in [4.69, 9.17) is 9.97 Å². The van der Waals surface area contributed by atoms with Gasteiger partial charge in [-0.05, 0) is 47.5 Å². The SMILES string of the molecule is c1ccc(-c2cccc(-c3nc(-n4c5ccccc5c5cc6c(cc54)sc4ccccc46)nc4sc5ccccc5c34)c2)cc1. The highest BCUT2D eigenvalue weighted by atomic mass is 32.1. The third-order valence-corrected chi connectivity index (χ3v) is 11.0. The van der Waals surface area contributed by atoms with Gasteiger partial charge in [0, 0.05) is 52.0 Å². The van der Waals surface area contributed by atoms with E-state index in [1.807, 2.05) is 11.3 Å². The standard InChI is InChI=1S/C40H23N3S2/c1-2-11-24(12-3-1)25-13-10-14-26(21-25)38-37-29-17-6-9-20-35(29)45-39(37)42-40(41-38)43-32-18-7-4-15-27(32)30-22-31-28-16-5-8-19-34(28)44-36(31)23-33(30)43/h1-23H. The van der Waals surface area contributed by atoms with Crippen molar-refractivity contribution >= 4 is 85.0 Å². The lowest BCUT2D eigenvalue weighted by Crippen LogP contribution is -2.02. The van der Waals surface area contributed by atoms with Crippen LogP contribution in [0.1, 0.15) is 0 Å². The molecule has 210 valence electrons. The number of hydrogen-bond donors (Lipinski definition) is 0. The number of nitrogens with zero attached hydrogens (tertiary/aromatic N) is 3. The number of benzene rings is 6. The maximum atomic E-state index is 5.46. The zero-order chi connectivity index (χ0) is 29.5. The summed E-state index contributed by atoms with van der Waals surface area (Å²) < 4.78 is 6.06. The minimum atomic E-state index is 0.695. The van der Waals surface area contributed by atoms with Crippen LogP contribution in [0.5, 0.6) is 0 Å². The molecule has 0 saturated heterocycles. The Labute approximate surface area is 266 Å². The molecule has 45 heavy (non-hydrogen) atoms. The summed E-state index contributed by atoms with van der Waals surface area (Å²) in [6, 6.07) is 49.9. The van der Waals surface area contributed by atoms with Crippen molar-refractivity contribution in [3.05, 3.63) is 140 Å². The Balaban J connectivity index is 1.31. The predicted octanol–water partition coefficient (Wildman–Crippen LogP) is 11.6. The van der Waals surface area contributed by atoms with E-state index in [1.165, 1.54) is 52.2 Å². The molecule has 10 rings (SSSR count). The molecule has 10 aromatic rings. The second-order valence-electron chi connectivity index (χ2n) is 11.4. The minimum absolute atomic E-state index is 0.695. The van der Waals surface area contributed by atoms with Crippen molar-refractivity contribution in [2.75, 3.05) is 0 Å². The van der Waals surface area contributed by atoms with Crippen molar-refractivity contribution in [3.63, 3.8) is 0 Å². The number of para-hydroxylation sites is 1. The molecule has 0 bridgehead atoms. The van der Waals surface area contributed by atoms with Crippen LogP contribution in [0.3, 0.4) is 0 Å². The van der Waals surface area contributed by atoms with Gasteiger partial charge in [-0.15, -0.1) is 22.7 Å². The summed E-state index contributed by atoms with van der Waals surface area (Å²) in [6.07, 6.45) is 0. The molecule has 0 N–H and O–H groups in total. The molecule has 0 aliphatic rings. The molecule has 3 nitrogen and oxygen atoms in total. The van der Waals surface area contributed by atoms with Gasteiger partial charge in [0.05, 0.1) is 16.7 Å². The van der Waals surface area contributed by atoms with E-state index in [9.17, 15) is 0 Å². The van der Waals surface area contributed by atoms with Crippen LogP contribution >= 0.6 is 22.7 Å². The van der Waals surface area contributed by atoms with E-state index in [0.717, 1.165) is 32.5 Å². The second kappa shape index (κ2) is 9.57. The average Bonchev–Trinajstić information content (AvgIpc) is 3.76. The monoisotopic (exact) mass is 609 g/mol. The Morgan fingerprint density at radius 3 is 1.98 bits per heavy atom. The third-order valence-electron chi connectivity index (χ3n) is 8.84. The van der Waals surface area contributed by atoms with Crippen LogP contribution in [0.15, 0.2) is 140 Å². The van der Waals surface area contributed by atoms with Gasteiger partial charge in [0.1, 0.15) is 4.83 Å². The van der Waals surface area contributed by atoms with Crippen molar-refractivity contribution in [2.45, 2.75) is 0 Å². The Morgan fingerprint density at radius 1 is 0.422 bits per heavy atom. The number of hydrogen-bond acceptors (Lipinski definition) is 4. The maximum Gasteiger partial charge on any atom is 0.236 e. The van der Waals surface area contributed by atoms with Gasteiger partial charge >= 0.3 is 0 Å².